The van der Waals surface area contributed by atoms with E-state index in [0.717, 1.165) is 22.4 Å². The summed E-state index contributed by atoms with van der Waals surface area (Å²) in [6.07, 6.45) is 3.34. The van der Waals surface area contributed by atoms with Crippen LogP contribution in [0.25, 0.3) is 5.57 Å². The molecule has 1 aliphatic rings. The lowest BCUT2D eigenvalue weighted by molar-refractivity contribution is -0.137. The highest BCUT2D eigenvalue weighted by Crippen LogP contribution is 2.32. The second-order valence-corrected chi connectivity index (χ2v) is 8.42. The average molecular weight is 442 g/mol. The molecule has 0 atom stereocenters. The van der Waals surface area contributed by atoms with Gasteiger partial charge in [0.2, 0.25) is 0 Å². The van der Waals surface area contributed by atoms with Gasteiger partial charge in [0.15, 0.2) is 0 Å². The predicted molar refractivity (Wildman–Crippen MR) is 128 cm³/mol. The molecule has 0 radical (unpaired) electrons. The van der Waals surface area contributed by atoms with Gasteiger partial charge in [0.05, 0.1) is 18.2 Å². The van der Waals surface area contributed by atoms with Gasteiger partial charge in [-0.3, -0.25) is 19.5 Å². The summed E-state index contributed by atoms with van der Waals surface area (Å²) >= 11 is 0. The molecule has 6 nitrogen and oxygen atoms in total. The maximum absolute atomic E-state index is 13.5. The molecule has 0 unspecified atom stereocenters. The van der Waals surface area contributed by atoms with Crippen LogP contribution in [0.3, 0.4) is 0 Å². The van der Waals surface area contributed by atoms with E-state index in [2.05, 4.69) is 10.3 Å². The van der Waals surface area contributed by atoms with Gasteiger partial charge >= 0.3 is 0 Å². The van der Waals surface area contributed by atoms with Crippen LogP contribution in [0.2, 0.25) is 0 Å². The molecule has 0 fully saturated rings. The van der Waals surface area contributed by atoms with Crippen LogP contribution in [0.4, 0.5) is 5.69 Å². The Morgan fingerprint density at radius 1 is 0.909 bits per heavy atom. The summed E-state index contributed by atoms with van der Waals surface area (Å²) in [5.74, 6) is 0.0247. The first-order valence-corrected chi connectivity index (χ1v) is 10.9. The highest BCUT2D eigenvalue weighted by molar-refractivity contribution is 6.36. The maximum Gasteiger partial charge on any atom is 0.278 e. The van der Waals surface area contributed by atoms with E-state index in [9.17, 15) is 9.59 Å². The summed E-state index contributed by atoms with van der Waals surface area (Å²) in [5.41, 5.74) is 5.13. The first-order valence-electron chi connectivity index (χ1n) is 10.9. The van der Waals surface area contributed by atoms with Crippen LogP contribution >= 0.6 is 0 Å². The van der Waals surface area contributed by atoms with Crippen molar-refractivity contribution in [2.24, 2.45) is 0 Å². The predicted octanol–water partition coefficient (Wildman–Crippen LogP) is 4.88. The molecular weight excluding hydrogens is 414 g/mol. The number of imide groups is 1. The molecule has 1 aromatic heterocycles. The van der Waals surface area contributed by atoms with Gasteiger partial charge in [-0.15, -0.1) is 0 Å². The van der Waals surface area contributed by atoms with Crippen molar-refractivity contribution in [1.82, 2.24) is 9.88 Å². The lowest BCUT2D eigenvalue weighted by Crippen LogP contribution is -2.32. The van der Waals surface area contributed by atoms with Gasteiger partial charge in [0, 0.05) is 18.1 Å². The number of carbonyl (C=O) groups excluding carboxylic acids is 2. The summed E-state index contributed by atoms with van der Waals surface area (Å²) in [6.45, 7) is 8.14. The molecule has 0 aliphatic carbocycles. The number of carbonyl (C=O) groups is 2. The number of hydrogen-bond donors (Lipinski definition) is 1. The van der Waals surface area contributed by atoms with Crippen LogP contribution in [-0.4, -0.2) is 27.8 Å². The zero-order chi connectivity index (χ0) is 23.5. The first kappa shape index (κ1) is 22.3. The normalized spacial score (nSPS) is 13.8. The molecule has 1 aliphatic heterocycles. The third-order valence-corrected chi connectivity index (χ3v) is 5.55. The van der Waals surface area contributed by atoms with Crippen molar-refractivity contribution in [3.05, 3.63) is 94.9 Å². The molecule has 2 heterocycles. The van der Waals surface area contributed by atoms with Crippen molar-refractivity contribution in [3.63, 3.8) is 0 Å². The molecule has 1 N–H and O–H groups in total. The van der Waals surface area contributed by atoms with E-state index in [4.69, 9.17) is 4.74 Å². The lowest BCUT2D eigenvalue weighted by atomic mass is 10.0. The average Bonchev–Trinajstić information content (AvgIpc) is 3.01. The number of pyridine rings is 1. The highest BCUT2D eigenvalue weighted by Gasteiger charge is 2.39. The second-order valence-electron chi connectivity index (χ2n) is 8.42. The Morgan fingerprint density at radius 2 is 1.61 bits per heavy atom. The van der Waals surface area contributed by atoms with Crippen LogP contribution in [0, 0.1) is 13.8 Å². The fourth-order valence-corrected chi connectivity index (χ4v) is 3.71. The van der Waals surface area contributed by atoms with E-state index in [0.29, 0.717) is 16.9 Å². The van der Waals surface area contributed by atoms with Crippen LogP contribution in [0.1, 0.15) is 36.1 Å². The molecule has 0 bridgehead atoms. The maximum atomic E-state index is 13.5. The Kier molecular flexibility index (Phi) is 6.27. The Morgan fingerprint density at radius 3 is 2.24 bits per heavy atom. The third kappa shape index (κ3) is 4.80. The van der Waals surface area contributed by atoms with E-state index < -0.39 is 0 Å². The van der Waals surface area contributed by atoms with Gasteiger partial charge in [-0.05, 0) is 86.3 Å². The van der Waals surface area contributed by atoms with Gasteiger partial charge in [0.25, 0.3) is 11.8 Å². The fraction of sp³-hybridized carbons (Fsp3) is 0.222. The van der Waals surface area contributed by atoms with Crippen molar-refractivity contribution in [3.8, 4) is 5.75 Å². The zero-order valence-electron chi connectivity index (χ0n) is 19.3. The van der Waals surface area contributed by atoms with Crippen LogP contribution in [-0.2, 0) is 16.1 Å². The molecule has 168 valence electrons. The van der Waals surface area contributed by atoms with Crippen LogP contribution < -0.4 is 10.1 Å². The summed E-state index contributed by atoms with van der Waals surface area (Å²) in [7, 11) is 0. The molecule has 0 saturated carbocycles. The van der Waals surface area contributed by atoms with E-state index in [1.54, 1.807) is 24.5 Å². The minimum atomic E-state index is -0.354. The summed E-state index contributed by atoms with van der Waals surface area (Å²) < 4.78 is 5.73. The van der Waals surface area contributed by atoms with E-state index in [1.165, 1.54) is 4.90 Å². The topological polar surface area (TPSA) is 71.5 Å². The van der Waals surface area contributed by atoms with Gasteiger partial charge in [-0.25, -0.2) is 0 Å². The fourth-order valence-electron chi connectivity index (χ4n) is 3.71. The van der Waals surface area contributed by atoms with Gasteiger partial charge in [-0.1, -0.05) is 18.2 Å². The van der Waals surface area contributed by atoms with Crippen molar-refractivity contribution >= 4 is 23.1 Å². The molecule has 4 rings (SSSR count). The second kappa shape index (κ2) is 9.28. The van der Waals surface area contributed by atoms with E-state index in [-0.39, 0.29) is 30.2 Å². The molecular formula is C27H27N3O3. The number of aromatic nitrogens is 1. The van der Waals surface area contributed by atoms with Gasteiger partial charge in [-0.2, -0.15) is 0 Å². The Balaban J connectivity index is 1.72. The number of ether oxygens (including phenoxy) is 1. The van der Waals surface area contributed by atoms with Crippen molar-refractivity contribution in [1.29, 1.82) is 0 Å². The van der Waals surface area contributed by atoms with Crippen LogP contribution in [0.5, 0.6) is 5.75 Å². The zero-order valence-corrected chi connectivity index (χ0v) is 19.3. The number of benzene rings is 2. The minimum Gasteiger partial charge on any atom is -0.491 e. The van der Waals surface area contributed by atoms with E-state index >= 15 is 0 Å². The van der Waals surface area contributed by atoms with E-state index in [1.807, 2.05) is 70.2 Å². The Hall–Kier alpha value is -3.93. The third-order valence-electron chi connectivity index (χ3n) is 5.55. The number of hydrogen-bond acceptors (Lipinski definition) is 5. The smallest absolute Gasteiger partial charge is 0.278 e. The monoisotopic (exact) mass is 441 g/mol. The molecule has 33 heavy (non-hydrogen) atoms. The number of nitrogens with one attached hydrogen (secondary N) is 1. The summed E-state index contributed by atoms with van der Waals surface area (Å²) in [5, 5.41) is 3.22. The SMILES string of the molecule is Cc1ccc(NC2=C(c3ccc(OC(C)C)cc3)C(=O)N(Cc3ccncc3)C2=O)cc1C. The van der Waals surface area contributed by atoms with Gasteiger partial charge < -0.3 is 10.1 Å². The minimum absolute atomic E-state index is 0.0441. The summed E-state index contributed by atoms with van der Waals surface area (Å²) in [4.78, 5) is 32.2. The Labute approximate surface area is 193 Å². The van der Waals surface area contributed by atoms with Crippen LogP contribution in [0.15, 0.2) is 72.7 Å². The van der Waals surface area contributed by atoms with Crippen molar-refractivity contribution in [2.75, 3.05) is 5.32 Å². The Bertz CT molecular complexity index is 1220. The molecule has 3 aromatic rings. The highest BCUT2D eigenvalue weighted by atomic mass is 16.5. The first-order chi connectivity index (χ1) is 15.8. The number of nitrogens with zero attached hydrogens (tertiary/aromatic N) is 2. The van der Waals surface area contributed by atoms with Crippen molar-refractivity contribution < 1.29 is 14.3 Å². The number of aryl methyl sites for hydroxylation is 2. The number of anilines is 1. The number of amides is 2. The number of rotatable bonds is 7. The molecule has 6 heteroatoms. The quantitative estimate of drug-likeness (QED) is 0.529. The molecule has 2 aromatic carbocycles. The van der Waals surface area contributed by atoms with Crippen molar-refractivity contribution in [2.45, 2.75) is 40.3 Å². The van der Waals surface area contributed by atoms with Gasteiger partial charge in [0.1, 0.15) is 11.4 Å². The molecule has 0 saturated heterocycles. The molecule has 2 amide bonds. The largest absolute Gasteiger partial charge is 0.491 e. The lowest BCUT2D eigenvalue weighted by Gasteiger charge is -2.15. The summed E-state index contributed by atoms with van der Waals surface area (Å²) in [6, 6.07) is 16.7. The molecule has 0 spiro atoms. The standard InChI is InChI=1S/C27H27N3O3/c1-17(2)33-23-9-6-21(7-10-23)24-25(29-22-8-5-18(3)19(4)15-22)27(32)30(26(24)31)16-20-11-13-28-14-12-20/h5-15,17,29H,16H2,1-4H3.